The number of rotatable bonds is 4. The maximum atomic E-state index is 12.3. The Labute approximate surface area is 154 Å². The van der Waals surface area contributed by atoms with Gasteiger partial charge in [-0.05, 0) is 23.6 Å². The van der Waals surface area contributed by atoms with Crippen LogP contribution in [0.2, 0.25) is 0 Å². The van der Waals surface area contributed by atoms with Crippen LogP contribution in [0.15, 0.2) is 35.3 Å². The minimum Gasteiger partial charge on any atom is -0.324 e. The summed E-state index contributed by atoms with van der Waals surface area (Å²) in [5.41, 5.74) is 0.687. The van der Waals surface area contributed by atoms with Gasteiger partial charge >= 0.3 is 5.69 Å². The zero-order valence-electron chi connectivity index (χ0n) is 14.8. The first-order valence-electron chi connectivity index (χ1n) is 8.18. The molecule has 0 aliphatic rings. The predicted molar refractivity (Wildman–Crippen MR) is 100 cm³/mol. The highest BCUT2D eigenvalue weighted by molar-refractivity contribution is 7.13. The van der Waals surface area contributed by atoms with E-state index in [9.17, 15) is 14.9 Å². The molecule has 3 aromatic heterocycles. The molecular weight excluding hydrogens is 350 g/mol. The van der Waals surface area contributed by atoms with Gasteiger partial charge in [0.25, 0.3) is 0 Å². The third-order valence-corrected chi connectivity index (χ3v) is 5.35. The molecule has 0 aliphatic carbocycles. The van der Waals surface area contributed by atoms with E-state index in [1.807, 2.05) is 6.07 Å². The molecule has 0 radical (unpaired) electrons. The Balaban J connectivity index is 1.71. The van der Waals surface area contributed by atoms with Crippen molar-refractivity contribution >= 4 is 28.6 Å². The topological polar surface area (TPSA) is 92.2 Å². The van der Waals surface area contributed by atoms with E-state index in [-0.39, 0.29) is 30.0 Å². The average molecular weight is 369 g/mol. The molecule has 8 heteroatoms. The first-order chi connectivity index (χ1) is 12.3. The van der Waals surface area contributed by atoms with E-state index in [0.717, 1.165) is 4.88 Å². The summed E-state index contributed by atoms with van der Waals surface area (Å²) in [6, 6.07) is 9.25. The van der Waals surface area contributed by atoms with Crippen molar-refractivity contribution in [2.45, 2.75) is 39.2 Å². The van der Waals surface area contributed by atoms with Crippen molar-refractivity contribution in [3.05, 3.63) is 50.7 Å². The Morgan fingerprint density at radius 3 is 2.81 bits per heavy atom. The molecule has 134 valence electrons. The molecule has 26 heavy (non-hydrogen) atoms. The van der Waals surface area contributed by atoms with E-state index in [2.05, 4.69) is 37.3 Å². The van der Waals surface area contributed by atoms with Crippen LogP contribution in [0.25, 0.3) is 5.65 Å². The third-order valence-electron chi connectivity index (χ3n) is 3.89. The van der Waals surface area contributed by atoms with Gasteiger partial charge in [-0.15, -0.1) is 16.4 Å². The molecular formula is C18H19N5O2S. The van der Waals surface area contributed by atoms with Gasteiger partial charge in [-0.3, -0.25) is 9.20 Å². The highest BCUT2D eigenvalue weighted by Gasteiger charge is 2.20. The fraction of sp³-hybridized carbons (Fsp3) is 0.333. The standard InChI is InChI=1S/C18H19N5O2S/c1-18(2,3)14-10-12(13(11-19)26-14)20-16(24)7-9-23-17(25)22-8-5-4-6-15(22)21-23/h4-6,8,10H,7,9H2,1-3H3,(H,20,24). The van der Waals surface area contributed by atoms with Crippen molar-refractivity contribution < 1.29 is 4.79 Å². The molecule has 1 N–H and O–H groups in total. The zero-order chi connectivity index (χ0) is 18.9. The number of nitrogens with zero attached hydrogens (tertiary/aromatic N) is 4. The van der Waals surface area contributed by atoms with E-state index >= 15 is 0 Å². The lowest BCUT2D eigenvalue weighted by Crippen LogP contribution is -2.24. The van der Waals surface area contributed by atoms with E-state index < -0.39 is 0 Å². The van der Waals surface area contributed by atoms with Crippen LogP contribution >= 0.6 is 11.3 Å². The Bertz CT molecular complexity index is 1060. The molecule has 0 aliphatic heterocycles. The van der Waals surface area contributed by atoms with Crippen LogP contribution in [0.1, 0.15) is 36.9 Å². The van der Waals surface area contributed by atoms with E-state index in [4.69, 9.17) is 0 Å². The number of aromatic nitrogens is 3. The smallest absolute Gasteiger partial charge is 0.324 e. The second-order valence-electron chi connectivity index (χ2n) is 6.95. The normalized spacial score (nSPS) is 11.5. The van der Waals surface area contributed by atoms with Crippen molar-refractivity contribution in [3.63, 3.8) is 0 Å². The van der Waals surface area contributed by atoms with Gasteiger partial charge in [0, 0.05) is 17.5 Å². The van der Waals surface area contributed by atoms with Crippen LogP contribution < -0.4 is 11.0 Å². The summed E-state index contributed by atoms with van der Waals surface area (Å²) in [5, 5.41) is 16.3. The predicted octanol–water partition coefficient (Wildman–Crippen LogP) is 2.76. The van der Waals surface area contributed by atoms with Crippen LogP contribution in [0, 0.1) is 11.3 Å². The minimum atomic E-state index is -0.281. The molecule has 3 aromatic rings. The number of nitriles is 1. The molecule has 0 aromatic carbocycles. The van der Waals surface area contributed by atoms with Crippen LogP contribution in [-0.4, -0.2) is 20.1 Å². The molecule has 7 nitrogen and oxygen atoms in total. The average Bonchev–Trinajstić information content (AvgIpc) is 3.14. The number of carbonyl (C=O) groups is 1. The molecule has 0 saturated heterocycles. The maximum absolute atomic E-state index is 12.3. The first-order valence-corrected chi connectivity index (χ1v) is 9.00. The lowest BCUT2D eigenvalue weighted by molar-refractivity contribution is -0.116. The summed E-state index contributed by atoms with van der Waals surface area (Å²) >= 11 is 1.38. The largest absolute Gasteiger partial charge is 0.350 e. The number of thiophene rings is 1. The van der Waals surface area contributed by atoms with Crippen molar-refractivity contribution in [1.29, 1.82) is 5.26 Å². The van der Waals surface area contributed by atoms with E-state index in [1.165, 1.54) is 20.4 Å². The summed E-state index contributed by atoms with van der Waals surface area (Å²) in [5.74, 6) is -0.260. The van der Waals surface area contributed by atoms with Crippen LogP contribution in [0.3, 0.4) is 0 Å². The summed E-state index contributed by atoms with van der Waals surface area (Å²) < 4.78 is 2.70. The minimum absolute atomic E-state index is 0.0926. The first kappa shape index (κ1) is 17.9. The lowest BCUT2D eigenvalue weighted by atomic mass is 9.94. The molecule has 0 unspecified atom stereocenters. The van der Waals surface area contributed by atoms with Crippen molar-refractivity contribution in [1.82, 2.24) is 14.2 Å². The van der Waals surface area contributed by atoms with Crippen LogP contribution in [0.4, 0.5) is 5.69 Å². The highest BCUT2D eigenvalue weighted by Crippen LogP contribution is 2.34. The number of pyridine rings is 1. The molecule has 0 bridgehead atoms. The quantitative estimate of drug-likeness (QED) is 0.765. The van der Waals surface area contributed by atoms with Gasteiger partial charge < -0.3 is 5.32 Å². The summed E-state index contributed by atoms with van der Waals surface area (Å²) in [6.07, 6.45) is 1.73. The van der Waals surface area contributed by atoms with Crippen LogP contribution in [0.5, 0.6) is 0 Å². The number of carbonyl (C=O) groups excluding carboxylic acids is 1. The monoisotopic (exact) mass is 369 g/mol. The number of hydrogen-bond donors (Lipinski definition) is 1. The second-order valence-corrected chi connectivity index (χ2v) is 8.00. The fourth-order valence-corrected chi connectivity index (χ4v) is 3.44. The molecule has 3 heterocycles. The van der Waals surface area contributed by atoms with Gasteiger partial charge in [0.15, 0.2) is 5.65 Å². The molecule has 3 rings (SSSR count). The Hall–Kier alpha value is -2.92. The van der Waals surface area contributed by atoms with Gasteiger partial charge in [-0.25, -0.2) is 9.48 Å². The summed E-state index contributed by atoms with van der Waals surface area (Å²) in [7, 11) is 0. The van der Waals surface area contributed by atoms with Gasteiger partial charge in [0.2, 0.25) is 5.91 Å². The summed E-state index contributed by atoms with van der Waals surface area (Å²) in [4.78, 5) is 26.0. The highest BCUT2D eigenvalue weighted by atomic mass is 32.1. The Kier molecular flexibility index (Phi) is 4.66. The van der Waals surface area contributed by atoms with E-state index in [0.29, 0.717) is 16.2 Å². The van der Waals surface area contributed by atoms with Crippen molar-refractivity contribution in [3.8, 4) is 6.07 Å². The van der Waals surface area contributed by atoms with Gasteiger partial charge in [0.05, 0.1) is 12.2 Å². The van der Waals surface area contributed by atoms with Crippen molar-refractivity contribution in [2.75, 3.05) is 5.32 Å². The molecule has 0 saturated carbocycles. The molecule has 0 atom stereocenters. The molecule has 0 fully saturated rings. The van der Waals surface area contributed by atoms with Crippen LogP contribution in [-0.2, 0) is 16.8 Å². The number of amides is 1. The Morgan fingerprint density at radius 1 is 1.38 bits per heavy atom. The van der Waals surface area contributed by atoms with E-state index in [1.54, 1.807) is 24.4 Å². The van der Waals surface area contributed by atoms with Crippen molar-refractivity contribution in [2.24, 2.45) is 0 Å². The SMILES string of the molecule is CC(C)(C)c1cc(NC(=O)CCn2nc3ccccn3c2=O)c(C#N)s1. The Morgan fingerprint density at radius 2 is 2.15 bits per heavy atom. The number of anilines is 1. The summed E-state index contributed by atoms with van der Waals surface area (Å²) in [6.45, 7) is 6.34. The fourth-order valence-electron chi connectivity index (χ4n) is 2.47. The molecule has 0 spiro atoms. The second kappa shape index (κ2) is 6.77. The van der Waals surface area contributed by atoms with Gasteiger partial charge in [-0.1, -0.05) is 26.8 Å². The number of fused-ring (bicyclic) bond motifs is 1. The van der Waals surface area contributed by atoms with Gasteiger partial charge in [-0.2, -0.15) is 5.26 Å². The number of hydrogen-bond acceptors (Lipinski definition) is 5. The molecule has 1 amide bonds. The third kappa shape index (κ3) is 3.53. The zero-order valence-corrected chi connectivity index (χ0v) is 15.6. The maximum Gasteiger partial charge on any atom is 0.350 e. The number of aryl methyl sites for hydroxylation is 1. The number of nitrogens with one attached hydrogen (secondary N) is 1. The van der Waals surface area contributed by atoms with Gasteiger partial charge in [0.1, 0.15) is 10.9 Å². The lowest BCUT2D eigenvalue weighted by Gasteiger charge is -2.15.